The molecule has 0 spiro atoms. The topological polar surface area (TPSA) is 28.7 Å². The van der Waals surface area contributed by atoms with Gasteiger partial charge in [-0.2, -0.15) is 0 Å². The molecule has 0 unspecified atom stereocenters. The van der Waals surface area contributed by atoms with E-state index in [-0.39, 0.29) is 0 Å². The molecule has 0 saturated carbocycles. The van der Waals surface area contributed by atoms with Gasteiger partial charge in [0.1, 0.15) is 5.82 Å². The minimum Gasteiger partial charge on any atom is -0.342 e. The van der Waals surface area contributed by atoms with Gasteiger partial charge in [-0.25, -0.2) is 4.98 Å². The molecular formula is C10H9ClN2. The van der Waals surface area contributed by atoms with E-state index < -0.39 is 0 Å². The summed E-state index contributed by atoms with van der Waals surface area (Å²) < 4.78 is 0. The largest absolute Gasteiger partial charge is 0.342 e. The van der Waals surface area contributed by atoms with Crippen LogP contribution in [-0.2, 0) is 0 Å². The maximum Gasteiger partial charge on any atom is 0.138 e. The summed E-state index contributed by atoms with van der Waals surface area (Å²) in [6, 6.07) is 7.65. The van der Waals surface area contributed by atoms with Crippen molar-refractivity contribution in [2.75, 3.05) is 0 Å². The lowest BCUT2D eigenvalue weighted by molar-refractivity contribution is 1.26. The SMILES string of the molecule is Cc1cnc(-c2ccccc2Cl)[nH]1. The minimum absolute atomic E-state index is 0.719. The quantitative estimate of drug-likeness (QED) is 0.739. The summed E-state index contributed by atoms with van der Waals surface area (Å²) in [6.07, 6.45) is 1.79. The summed E-state index contributed by atoms with van der Waals surface area (Å²) >= 11 is 6.01. The molecule has 3 heteroatoms. The Kier molecular flexibility index (Phi) is 2.07. The first-order valence-corrected chi connectivity index (χ1v) is 4.41. The molecule has 0 bridgehead atoms. The van der Waals surface area contributed by atoms with Crippen LogP contribution in [-0.4, -0.2) is 9.97 Å². The number of halogens is 1. The maximum atomic E-state index is 6.01. The second kappa shape index (κ2) is 3.23. The van der Waals surface area contributed by atoms with Gasteiger partial charge >= 0.3 is 0 Å². The summed E-state index contributed by atoms with van der Waals surface area (Å²) in [5.74, 6) is 0.822. The highest BCUT2D eigenvalue weighted by Gasteiger charge is 2.04. The summed E-state index contributed by atoms with van der Waals surface area (Å²) in [5, 5.41) is 0.719. The Hall–Kier alpha value is -1.28. The molecule has 1 N–H and O–H groups in total. The fourth-order valence-electron chi connectivity index (χ4n) is 1.20. The Morgan fingerprint density at radius 2 is 2.08 bits per heavy atom. The molecule has 0 aliphatic heterocycles. The Morgan fingerprint density at radius 1 is 1.31 bits per heavy atom. The van der Waals surface area contributed by atoms with E-state index in [0.717, 1.165) is 22.1 Å². The Labute approximate surface area is 81.6 Å². The van der Waals surface area contributed by atoms with Crippen molar-refractivity contribution in [2.45, 2.75) is 6.92 Å². The van der Waals surface area contributed by atoms with Gasteiger partial charge in [0.15, 0.2) is 0 Å². The molecular weight excluding hydrogens is 184 g/mol. The zero-order valence-electron chi connectivity index (χ0n) is 7.21. The molecule has 66 valence electrons. The van der Waals surface area contributed by atoms with Crippen LogP contribution in [0, 0.1) is 6.92 Å². The first-order chi connectivity index (χ1) is 6.27. The van der Waals surface area contributed by atoms with Crippen molar-refractivity contribution in [3.8, 4) is 11.4 Å². The highest BCUT2D eigenvalue weighted by molar-refractivity contribution is 6.33. The zero-order chi connectivity index (χ0) is 9.26. The van der Waals surface area contributed by atoms with Crippen molar-refractivity contribution in [3.05, 3.63) is 41.2 Å². The van der Waals surface area contributed by atoms with E-state index in [2.05, 4.69) is 9.97 Å². The van der Waals surface area contributed by atoms with Crippen molar-refractivity contribution < 1.29 is 0 Å². The molecule has 2 aromatic rings. The average molecular weight is 193 g/mol. The predicted octanol–water partition coefficient (Wildman–Crippen LogP) is 3.04. The normalized spacial score (nSPS) is 10.3. The Bertz CT molecular complexity index is 420. The number of imidazole rings is 1. The van der Waals surface area contributed by atoms with Gasteiger partial charge in [-0.15, -0.1) is 0 Å². The zero-order valence-corrected chi connectivity index (χ0v) is 7.97. The van der Waals surface area contributed by atoms with Gasteiger partial charge in [0.05, 0.1) is 5.02 Å². The third kappa shape index (κ3) is 1.58. The van der Waals surface area contributed by atoms with E-state index >= 15 is 0 Å². The van der Waals surface area contributed by atoms with Gasteiger partial charge in [-0.05, 0) is 19.1 Å². The molecule has 0 aliphatic rings. The van der Waals surface area contributed by atoms with Crippen molar-refractivity contribution in [3.63, 3.8) is 0 Å². The third-order valence-corrected chi connectivity index (χ3v) is 2.16. The highest BCUT2D eigenvalue weighted by atomic mass is 35.5. The molecule has 2 rings (SSSR count). The van der Waals surface area contributed by atoms with E-state index in [9.17, 15) is 0 Å². The molecule has 0 atom stereocenters. The number of hydrogen-bond acceptors (Lipinski definition) is 1. The van der Waals surface area contributed by atoms with Crippen LogP contribution in [0.4, 0.5) is 0 Å². The lowest BCUT2D eigenvalue weighted by atomic mass is 10.2. The van der Waals surface area contributed by atoms with Crippen LogP contribution in [0.25, 0.3) is 11.4 Å². The molecule has 0 radical (unpaired) electrons. The smallest absolute Gasteiger partial charge is 0.138 e. The van der Waals surface area contributed by atoms with Gasteiger partial charge in [0.25, 0.3) is 0 Å². The van der Waals surface area contributed by atoms with Crippen LogP contribution in [0.15, 0.2) is 30.5 Å². The van der Waals surface area contributed by atoms with E-state index in [0.29, 0.717) is 0 Å². The van der Waals surface area contributed by atoms with Crippen LogP contribution >= 0.6 is 11.6 Å². The lowest BCUT2D eigenvalue weighted by Crippen LogP contribution is -1.81. The van der Waals surface area contributed by atoms with Crippen LogP contribution in [0.5, 0.6) is 0 Å². The average Bonchev–Trinajstić information content (AvgIpc) is 2.53. The fraction of sp³-hybridized carbons (Fsp3) is 0.100. The van der Waals surface area contributed by atoms with Crippen LogP contribution in [0.3, 0.4) is 0 Å². The number of benzene rings is 1. The van der Waals surface area contributed by atoms with Gasteiger partial charge < -0.3 is 4.98 Å². The van der Waals surface area contributed by atoms with Crippen LogP contribution in [0.2, 0.25) is 5.02 Å². The number of hydrogen-bond donors (Lipinski definition) is 1. The molecule has 13 heavy (non-hydrogen) atoms. The summed E-state index contributed by atoms with van der Waals surface area (Å²) in [6.45, 7) is 1.97. The molecule has 1 heterocycles. The van der Waals surface area contributed by atoms with Gasteiger partial charge in [-0.1, -0.05) is 23.7 Å². The molecule has 0 aliphatic carbocycles. The van der Waals surface area contributed by atoms with Crippen molar-refractivity contribution in [1.29, 1.82) is 0 Å². The van der Waals surface area contributed by atoms with Crippen LogP contribution < -0.4 is 0 Å². The van der Waals surface area contributed by atoms with Crippen molar-refractivity contribution in [1.82, 2.24) is 9.97 Å². The number of rotatable bonds is 1. The van der Waals surface area contributed by atoms with Gasteiger partial charge in [0.2, 0.25) is 0 Å². The summed E-state index contributed by atoms with van der Waals surface area (Å²) in [7, 11) is 0. The minimum atomic E-state index is 0.719. The standard InChI is InChI=1S/C10H9ClN2/c1-7-6-12-10(13-7)8-4-2-3-5-9(8)11/h2-6H,1H3,(H,12,13). The fourth-order valence-corrected chi connectivity index (χ4v) is 1.43. The predicted molar refractivity (Wildman–Crippen MR) is 53.8 cm³/mol. The molecule has 2 nitrogen and oxygen atoms in total. The molecule has 0 fully saturated rings. The van der Waals surface area contributed by atoms with E-state index in [4.69, 9.17) is 11.6 Å². The van der Waals surface area contributed by atoms with Gasteiger partial charge in [0, 0.05) is 17.5 Å². The van der Waals surface area contributed by atoms with Crippen molar-refractivity contribution >= 4 is 11.6 Å². The third-order valence-electron chi connectivity index (χ3n) is 1.83. The van der Waals surface area contributed by atoms with E-state index in [1.165, 1.54) is 0 Å². The number of aromatic nitrogens is 2. The Balaban J connectivity index is 2.52. The number of aryl methyl sites for hydroxylation is 1. The molecule has 0 amide bonds. The molecule has 1 aromatic heterocycles. The summed E-state index contributed by atoms with van der Waals surface area (Å²) in [5.41, 5.74) is 1.98. The second-order valence-corrected chi connectivity index (χ2v) is 3.30. The number of aromatic amines is 1. The second-order valence-electron chi connectivity index (χ2n) is 2.89. The molecule has 1 aromatic carbocycles. The summed E-state index contributed by atoms with van der Waals surface area (Å²) in [4.78, 5) is 7.34. The van der Waals surface area contributed by atoms with Gasteiger partial charge in [-0.3, -0.25) is 0 Å². The van der Waals surface area contributed by atoms with E-state index in [1.807, 2.05) is 31.2 Å². The van der Waals surface area contributed by atoms with E-state index in [1.54, 1.807) is 6.20 Å². The lowest BCUT2D eigenvalue weighted by Gasteiger charge is -1.98. The monoisotopic (exact) mass is 192 g/mol. The number of nitrogens with one attached hydrogen (secondary N) is 1. The first kappa shape index (κ1) is 8.32. The molecule has 0 saturated heterocycles. The number of H-pyrrole nitrogens is 1. The highest BCUT2D eigenvalue weighted by Crippen LogP contribution is 2.24. The van der Waals surface area contributed by atoms with Crippen molar-refractivity contribution in [2.24, 2.45) is 0 Å². The number of nitrogens with zero attached hydrogens (tertiary/aromatic N) is 1. The Morgan fingerprint density at radius 3 is 2.69 bits per heavy atom. The maximum absolute atomic E-state index is 6.01. The first-order valence-electron chi connectivity index (χ1n) is 4.04. The van der Waals surface area contributed by atoms with Crippen LogP contribution in [0.1, 0.15) is 5.69 Å².